The fourth-order valence-corrected chi connectivity index (χ4v) is 1.91. The third kappa shape index (κ3) is 1.91. The van der Waals surface area contributed by atoms with Gasteiger partial charge >= 0.3 is 0 Å². The van der Waals surface area contributed by atoms with E-state index in [1.807, 2.05) is 12.2 Å². The molecule has 15 heavy (non-hydrogen) atoms. The lowest BCUT2D eigenvalue weighted by Gasteiger charge is -2.23. The second-order valence-corrected chi connectivity index (χ2v) is 3.41. The van der Waals surface area contributed by atoms with Crippen LogP contribution in [0.1, 0.15) is 0 Å². The van der Waals surface area contributed by atoms with E-state index in [4.69, 9.17) is 27.1 Å². The highest BCUT2D eigenvalue weighted by molar-refractivity contribution is 5.17. The van der Waals surface area contributed by atoms with Gasteiger partial charge in [0.05, 0.1) is 0 Å². The van der Waals surface area contributed by atoms with Crippen molar-refractivity contribution in [2.75, 3.05) is 13.2 Å². The number of hydrogen-bond acceptors (Lipinski definition) is 3. The standard InChI is InChI=1S/C12H12O3/c1-3-7-13-11-9-5-6-10(15-9)12(11)14-8-4-2/h1-2,5-6,9-12H,7-8H2/t9-,10+,11+,12-. The summed E-state index contributed by atoms with van der Waals surface area (Å²) in [6.07, 6.45) is 13.9. The summed E-state index contributed by atoms with van der Waals surface area (Å²) >= 11 is 0. The molecule has 0 aromatic heterocycles. The van der Waals surface area contributed by atoms with Crippen molar-refractivity contribution in [3.05, 3.63) is 12.2 Å². The molecule has 0 aromatic carbocycles. The third-order valence-electron chi connectivity index (χ3n) is 2.49. The third-order valence-corrected chi connectivity index (χ3v) is 2.49. The molecule has 2 rings (SSSR count). The number of fused-ring (bicyclic) bond motifs is 2. The Bertz CT molecular complexity index is 302. The Labute approximate surface area is 89.4 Å². The molecule has 0 saturated carbocycles. The van der Waals surface area contributed by atoms with Crippen LogP contribution in [0, 0.1) is 24.7 Å². The predicted molar refractivity (Wildman–Crippen MR) is 54.9 cm³/mol. The summed E-state index contributed by atoms with van der Waals surface area (Å²) in [7, 11) is 0. The molecule has 4 atom stereocenters. The number of ether oxygens (including phenoxy) is 3. The van der Waals surface area contributed by atoms with Crippen LogP contribution < -0.4 is 0 Å². The molecule has 78 valence electrons. The monoisotopic (exact) mass is 204 g/mol. The largest absolute Gasteiger partial charge is 0.361 e. The van der Waals surface area contributed by atoms with E-state index in [1.54, 1.807) is 0 Å². The number of terminal acetylenes is 2. The molecule has 0 N–H and O–H groups in total. The molecule has 0 spiro atoms. The van der Waals surface area contributed by atoms with Gasteiger partial charge < -0.3 is 14.2 Å². The Morgan fingerprint density at radius 3 is 1.87 bits per heavy atom. The first-order valence-electron chi connectivity index (χ1n) is 4.80. The Morgan fingerprint density at radius 1 is 1.00 bits per heavy atom. The molecule has 0 aliphatic carbocycles. The van der Waals surface area contributed by atoms with Crippen molar-refractivity contribution >= 4 is 0 Å². The summed E-state index contributed by atoms with van der Waals surface area (Å²) in [4.78, 5) is 0. The van der Waals surface area contributed by atoms with Gasteiger partial charge in [0.2, 0.25) is 0 Å². The normalized spacial score (nSPS) is 36.4. The first-order chi connectivity index (χ1) is 7.36. The molecule has 2 bridgehead atoms. The molecule has 0 amide bonds. The summed E-state index contributed by atoms with van der Waals surface area (Å²) in [5.41, 5.74) is 0. The molecule has 2 heterocycles. The lowest BCUT2D eigenvalue weighted by molar-refractivity contribution is -0.0426. The molecule has 0 radical (unpaired) electrons. The van der Waals surface area contributed by atoms with Crippen LogP contribution in [0.3, 0.4) is 0 Å². The highest BCUT2D eigenvalue weighted by atomic mass is 16.6. The van der Waals surface area contributed by atoms with Crippen molar-refractivity contribution in [2.24, 2.45) is 0 Å². The maximum absolute atomic E-state index is 5.59. The van der Waals surface area contributed by atoms with Crippen LogP contribution in [0.4, 0.5) is 0 Å². The molecule has 1 saturated heterocycles. The van der Waals surface area contributed by atoms with Gasteiger partial charge in [0.1, 0.15) is 37.6 Å². The van der Waals surface area contributed by atoms with Crippen LogP contribution in [0.2, 0.25) is 0 Å². The highest BCUT2D eigenvalue weighted by Crippen LogP contribution is 2.33. The molecule has 2 aliphatic heterocycles. The predicted octanol–water partition coefficient (Wildman–Crippen LogP) is 0.360. The van der Waals surface area contributed by atoms with Gasteiger partial charge in [-0.2, -0.15) is 0 Å². The zero-order valence-electron chi connectivity index (χ0n) is 8.26. The van der Waals surface area contributed by atoms with E-state index in [2.05, 4.69) is 11.8 Å². The molecular weight excluding hydrogens is 192 g/mol. The van der Waals surface area contributed by atoms with Gasteiger partial charge in [-0.3, -0.25) is 0 Å². The van der Waals surface area contributed by atoms with E-state index < -0.39 is 0 Å². The van der Waals surface area contributed by atoms with Gasteiger partial charge in [-0.25, -0.2) is 0 Å². The zero-order chi connectivity index (χ0) is 10.7. The fourth-order valence-electron chi connectivity index (χ4n) is 1.91. The summed E-state index contributed by atoms with van der Waals surface area (Å²) in [6, 6.07) is 0. The molecule has 1 fully saturated rings. The van der Waals surface area contributed by atoms with Gasteiger partial charge in [-0.15, -0.1) is 12.8 Å². The van der Waals surface area contributed by atoms with Crippen molar-refractivity contribution in [3.8, 4) is 24.7 Å². The second kappa shape index (κ2) is 4.51. The first kappa shape index (κ1) is 10.3. The van der Waals surface area contributed by atoms with Crippen molar-refractivity contribution < 1.29 is 14.2 Å². The maximum atomic E-state index is 5.59. The van der Waals surface area contributed by atoms with Crippen molar-refractivity contribution in [3.63, 3.8) is 0 Å². The molecule has 3 heteroatoms. The van der Waals surface area contributed by atoms with Crippen LogP contribution in [-0.4, -0.2) is 37.6 Å². The average molecular weight is 204 g/mol. The molecule has 2 aliphatic rings. The smallest absolute Gasteiger partial charge is 0.118 e. The average Bonchev–Trinajstić information content (AvgIpc) is 2.83. The Hall–Kier alpha value is -1.26. The van der Waals surface area contributed by atoms with Gasteiger partial charge in [0.15, 0.2) is 0 Å². The topological polar surface area (TPSA) is 27.7 Å². The van der Waals surface area contributed by atoms with E-state index in [-0.39, 0.29) is 37.6 Å². The Balaban J connectivity index is 1.98. The summed E-state index contributed by atoms with van der Waals surface area (Å²) in [5.74, 6) is 4.87. The summed E-state index contributed by atoms with van der Waals surface area (Å²) < 4.78 is 16.6. The van der Waals surface area contributed by atoms with Gasteiger partial charge in [-0.1, -0.05) is 24.0 Å². The van der Waals surface area contributed by atoms with Gasteiger partial charge in [0.25, 0.3) is 0 Å². The second-order valence-electron chi connectivity index (χ2n) is 3.41. The SMILES string of the molecule is C#CCO[C@@H]1[C@H](OCC#C)[C@@H]2C=C[C@H]1O2. The first-order valence-corrected chi connectivity index (χ1v) is 4.80. The van der Waals surface area contributed by atoms with Crippen LogP contribution >= 0.6 is 0 Å². The van der Waals surface area contributed by atoms with E-state index in [9.17, 15) is 0 Å². The fraction of sp³-hybridized carbons (Fsp3) is 0.500. The van der Waals surface area contributed by atoms with Crippen molar-refractivity contribution in [2.45, 2.75) is 24.4 Å². The molecule has 0 unspecified atom stereocenters. The van der Waals surface area contributed by atoms with E-state index in [0.717, 1.165) is 0 Å². The lowest BCUT2D eigenvalue weighted by atomic mass is 10.0. The summed E-state index contributed by atoms with van der Waals surface area (Å²) in [6.45, 7) is 0.530. The summed E-state index contributed by atoms with van der Waals surface area (Å²) in [5, 5.41) is 0. The Kier molecular flexibility index (Phi) is 3.08. The number of hydrogen-bond donors (Lipinski definition) is 0. The highest BCUT2D eigenvalue weighted by Gasteiger charge is 2.47. The van der Waals surface area contributed by atoms with E-state index >= 15 is 0 Å². The van der Waals surface area contributed by atoms with Gasteiger partial charge in [0, 0.05) is 0 Å². The van der Waals surface area contributed by atoms with Gasteiger partial charge in [-0.05, 0) is 0 Å². The van der Waals surface area contributed by atoms with Crippen LogP contribution in [-0.2, 0) is 14.2 Å². The molecule has 0 aromatic rings. The van der Waals surface area contributed by atoms with Crippen molar-refractivity contribution in [1.82, 2.24) is 0 Å². The van der Waals surface area contributed by atoms with E-state index in [0.29, 0.717) is 0 Å². The van der Waals surface area contributed by atoms with Crippen LogP contribution in [0.15, 0.2) is 12.2 Å². The minimum atomic E-state index is -0.135. The van der Waals surface area contributed by atoms with Crippen LogP contribution in [0.25, 0.3) is 0 Å². The Morgan fingerprint density at radius 2 is 1.47 bits per heavy atom. The molecule has 3 nitrogen and oxygen atoms in total. The minimum absolute atomic E-state index is 0.0499. The minimum Gasteiger partial charge on any atom is -0.361 e. The quantitative estimate of drug-likeness (QED) is 0.489. The lowest BCUT2D eigenvalue weighted by Crippen LogP contribution is -2.39. The molecular formula is C12H12O3. The zero-order valence-corrected chi connectivity index (χ0v) is 8.26. The van der Waals surface area contributed by atoms with Crippen molar-refractivity contribution in [1.29, 1.82) is 0 Å². The van der Waals surface area contributed by atoms with Crippen LogP contribution in [0.5, 0.6) is 0 Å². The maximum Gasteiger partial charge on any atom is 0.118 e. The number of rotatable bonds is 4. The van der Waals surface area contributed by atoms with E-state index in [1.165, 1.54) is 0 Å².